The van der Waals surface area contributed by atoms with Gasteiger partial charge in [0.25, 0.3) is 5.91 Å². The lowest BCUT2D eigenvalue weighted by Crippen LogP contribution is -2.46. The zero-order valence-electron chi connectivity index (χ0n) is 14.7. The first-order valence-electron chi connectivity index (χ1n) is 8.63. The van der Waals surface area contributed by atoms with E-state index in [1.54, 1.807) is 16.2 Å². The van der Waals surface area contributed by atoms with Crippen LogP contribution in [0.4, 0.5) is 5.95 Å². The van der Waals surface area contributed by atoms with Gasteiger partial charge in [-0.05, 0) is 30.9 Å². The van der Waals surface area contributed by atoms with Gasteiger partial charge in [-0.2, -0.15) is 0 Å². The summed E-state index contributed by atoms with van der Waals surface area (Å²) in [5, 5.41) is 2.64. The first-order valence-corrected chi connectivity index (χ1v) is 9.44. The smallest absolute Gasteiger partial charge is 0.264 e. The van der Waals surface area contributed by atoms with E-state index in [1.807, 2.05) is 0 Å². The van der Waals surface area contributed by atoms with Gasteiger partial charge in [0.15, 0.2) is 5.75 Å². The highest BCUT2D eigenvalue weighted by atomic mass is 32.1. The minimum Gasteiger partial charge on any atom is -0.494 e. The van der Waals surface area contributed by atoms with Crippen LogP contribution in [0.1, 0.15) is 39.9 Å². The molecule has 8 heteroatoms. The van der Waals surface area contributed by atoms with Crippen LogP contribution in [0.25, 0.3) is 0 Å². The Morgan fingerprint density at radius 2 is 2.12 bits per heavy atom. The molecule has 1 saturated carbocycles. The van der Waals surface area contributed by atoms with Crippen molar-refractivity contribution in [1.29, 1.82) is 0 Å². The summed E-state index contributed by atoms with van der Waals surface area (Å²) in [6, 6.07) is 2.19. The number of hydrogen-bond acceptors (Lipinski definition) is 6. The van der Waals surface area contributed by atoms with E-state index in [-0.39, 0.29) is 29.7 Å². The Hall–Kier alpha value is -2.48. The van der Waals surface area contributed by atoms with Crippen molar-refractivity contribution < 1.29 is 14.3 Å². The molecule has 0 atom stereocenters. The number of nitrogens with zero attached hydrogens (tertiary/aromatic N) is 3. The molecule has 4 rings (SSSR count). The fourth-order valence-electron chi connectivity index (χ4n) is 3.36. The van der Waals surface area contributed by atoms with Crippen molar-refractivity contribution in [3.8, 4) is 5.75 Å². The van der Waals surface area contributed by atoms with Crippen LogP contribution in [0.15, 0.2) is 18.5 Å². The van der Waals surface area contributed by atoms with E-state index in [2.05, 4.69) is 28.3 Å². The predicted octanol–water partition coefficient (Wildman–Crippen LogP) is 2.24. The average Bonchev–Trinajstić information content (AvgIpc) is 3.27. The average molecular weight is 372 g/mol. The molecule has 0 unspecified atom stereocenters. The Bertz CT molecular complexity index is 858. The van der Waals surface area contributed by atoms with Gasteiger partial charge in [0.2, 0.25) is 11.9 Å². The third-order valence-corrected chi connectivity index (χ3v) is 6.25. The number of nitrogens with one attached hydrogen (secondary N) is 1. The van der Waals surface area contributed by atoms with Crippen molar-refractivity contribution in [2.75, 3.05) is 25.5 Å². The number of fused-ring (bicyclic) bond motifs is 2. The number of hydrogen-bond donors (Lipinski definition) is 1. The molecule has 1 aliphatic carbocycles. The van der Waals surface area contributed by atoms with Gasteiger partial charge in [-0.3, -0.25) is 14.9 Å². The summed E-state index contributed by atoms with van der Waals surface area (Å²) in [5.41, 5.74) is 1.25. The second-order valence-corrected chi connectivity index (χ2v) is 7.88. The summed E-state index contributed by atoms with van der Waals surface area (Å²) < 4.78 is 4.99. The van der Waals surface area contributed by atoms with Crippen LogP contribution in [-0.2, 0) is 16.6 Å². The van der Waals surface area contributed by atoms with Crippen LogP contribution in [-0.4, -0.2) is 46.9 Å². The number of ether oxygens (including phenoxy) is 1. The van der Waals surface area contributed by atoms with E-state index in [0.717, 1.165) is 24.1 Å². The molecule has 136 valence electrons. The molecule has 3 heterocycles. The van der Waals surface area contributed by atoms with Crippen molar-refractivity contribution in [3.63, 3.8) is 0 Å². The number of carbonyl (C=O) groups is 2. The molecule has 0 bridgehead atoms. The van der Waals surface area contributed by atoms with Crippen LogP contribution in [0.2, 0.25) is 0 Å². The standard InChI is InChI=1S/C18H20N4O3S/c1-3-12-6-13-15(26-12)16(24)22(10-18(13)4-5-18)9-14(23)21-17-19-7-11(25-2)8-20-17/h6-8H,3-5,9-10H2,1-2H3,(H,19,20,21,23). The van der Waals surface area contributed by atoms with E-state index in [1.165, 1.54) is 29.9 Å². The fourth-order valence-corrected chi connectivity index (χ4v) is 4.55. The minimum atomic E-state index is -0.296. The highest BCUT2D eigenvalue weighted by Crippen LogP contribution is 2.54. The maximum atomic E-state index is 12.8. The fraction of sp³-hybridized carbons (Fsp3) is 0.444. The molecular weight excluding hydrogens is 352 g/mol. The summed E-state index contributed by atoms with van der Waals surface area (Å²) in [6.07, 6.45) is 6.05. The number of rotatable bonds is 5. The first kappa shape index (κ1) is 17.0. The Labute approximate surface area is 155 Å². The Morgan fingerprint density at radius 1 is 1.38 bits per heavy atom. The van der Waals surface area contributed by atoms with Crippen LogP contribution >= 0.6 is 11.3 Å². The third-order valence-electron chi connectivity index (χ3n) is 4.98. The molecule has 0 saturated heterocycles. The van der Waals surface area contributed by atoms with Gasteiger partial charge < -0.3 is 9.64 Å². The summed E-state index contributed by atoms with van der Waals surface area (Å²) in [5.74, 6) is 0.372. The highest BCUT2D eigenvalue weighted by molar-refractivity contribution is 7.14. The molecule has 2 aromatic rings. The summed E-state index contributed by atoms with van der Waals surface area (Å²) in [6.45, 7) is 2.71. The van der Waals surface area contributed by atoms with Gasteiger partial charge in [0.05, 0.1) is 24.4 Å². The van der Waals surface area contributed by atoms with Crippen LogP contribution in [0, 0.1) is 0 Å². The Balaban J connectivity index is 1.48. The van der Waals surface area contributed by atoms with E-state index >= 15 is 0 Å². The lowest BCUT2D eigenvalue weighted by Gasteiger charge is -2.32. The zero-order chi connectivity index (χ0) is 18.3. The molecule has 2 aliphatic rings. The largest absolute Gasteiger partial charge is 0.494 e. The van der Waals surface area contributed by atoms with Gasteiger partial charge in [-0.25, -0.2) is 9.97 Å². The lowest BCUT2D eigenvalue weighted by molar-refractivity contribution is -0.117. The van der Waals surface area contributed by atoms with Crippen LogP contribution < -0.4 is 10.1 Å². The molecule has 7 nitrogen and oxygen atoms in total. The Morgan fingerprint density at radius 3 is 2.73 bits per heavy atom. The van der Waals surface area contributed by atoms with Crippen LogP contribution in [0.3, 0.4) is 0 Å². The predicted molar refractivity (Wildman–Crippen MR) is 97.7 cm³/mol. The summed E-state index contributed by atoms with van der Waals surface area (Å²) >= 11 is 1.56. The van der Waals surface area contributed by atoms with E-state index in [0.29, 0.717) is 12.3 Å². The SMILES string of the molecule is CCc1cc2c(s1)C(=O)N(CC(=O)Nc1ncc(OC)cn1)CC21CC1. The van der Waals surface area contributed by atoms with Gasteiger partial charge >= 0.3 is 0 Å². The van der Waals surface area contributed by atoms with Crippen molar-refractivity contribution in [2.45, 2.75) is 31.6 Å². The second kappa shape index (κ2) is 6.35. The normalized spacial score (nSPS) is 17.2. The molecule has 0 radical (unpaired) electrons. The number of aryl methyl sites for hydroxylation is 1. The number of anilines is 1. The summed E-state index contributed by atoms with van der Waals surface area (Å²) in [4.78, 5) is 37.0. The van der Waals surface area contributed by atoms with E-state index in [9.17, 15) is 9.59 Å². The van der Waals surface area contributed by atoms with Gasteiger partial charge in [-0.15, -0.1) is 11.3 Å². The maximum Gasteiger partial charge on any atom is 0.264 e. The zero-order valence-corrected chi connectivity index (χ0v) is 15.6. The summed E-state index contributed by atoms with van der Waals surface area (Å²) in [7, 11) is 1.52. The van der Waals surface area contributed by atoms with Crippen LogP contribution in [0.5, 0.6) is 5.75 Å². The molecule has 1 N–H and O–H groups in total. The quantitative estimate of drug-likeness (QED) is 0.870. The second-order valence-electron chi connectivity index (χ2n) is 6.75. The molecule has 2 amide bonds. The molecule has 1 fully saturated rings. The first-order chi connectivity index (χ1) is 12.5. The number of aromatic nitrogens is 2. The number of carbonyl (C=O) groups excluding carboxylic acids is 2. The van der Waals surface area contributed by atoms with Crippen molar-refractivity contribution >= 4 is 29.1 Å². The minimum absolute atomic E-state index is 0.00870. The molecule has 0 aromatic carbocycles. The van der Waals surface area contributed by atoms with Crippen molar-refractivity contribution in [2.24, 2.45) is 0 Å². The van der Waals surface area contributed by atoms with E-state index < -0.39 is 0 Å². The number of methoxy groups -OCH3 is 1. The van der Waals surface area contributed by atoms with Gasteiger partial charge in [-0.1, -0.05) is 6.92 Å². The Kier molecular flexibility index (Phi) is 4.14. The number of thiophene rings is 1. The topological polar surface area (TPSA) is 84.4 Å². The van der Waals surface area contributed by atoms with Gasteiger partial charge in [0, 0.05) is 16.8 Å². The molecule has 1 aliphatic heterocycles. The molecular formula is C18H20N4O3S. The molecule has 26 heavy (non-hydrogen) atoms. The third kappa shape index (κ3) is 2.94. The number of amides is 2. The van der Waals surface area contributed by atoms with Gasteiger partial charge in [0.1, 0.15) is 6.54 Å². The monoisotopic (exact) mass is 372 g/mol. The van der Waals surface area contributed by atoms with Crippen molar-refractivity contribution in [3.05, 3.63) is 33.8 Å². The van der Waals surface area contributed by atoms with E-state index in [4.69, 9.17) is 4.74 Å². The van der Waals surface area contributed by atoms with Crippen molar-refractivity contribution in [1.82, 2.24) is 14.9 Å². The maximum absolute atomic E-state index is 12.8. The molecule has 2 aromatic heterocycles. The molecule has 1 spiro atoms. The lowest BCUT2D eigenvalue weighted by atomic mass is 9.91. The highest BCUT2D eigenvalue weighted by Gasteiger charge is 2.52.